The Kier molecular flexibility index (Phi) is 5.26. The molecular weight excluding hydrogens is 192 g/mol. The molecule has 1 aliphatic carbocycles. The van der Waals surface area contributed by atoms with Crippen molar-refractivity contribution >= 4 is 5.78 Å². The standard InChI is InChI=1S/C12H22O3/c1-4-14-12(15-5-2)10-8-6-7-9(3)11(10)13/h9-10,12H,4-8H2,1-3H3. The highest BCUT2D eigenvalue weighted by Gasteiger charge is 2.35. The van der Waals surface area contributed by atoms with Gasteiger partial charge in [-0.3, -0.25) is 4.79 Å². The van der Waals surface area contributed by atoms with Crippen molar-refractivity contribution in [1.29, 1.82) is 0 Å². The van der Waals surface area contributed by atoms with Crippen LogP contribution in [0.3, 0.4) is 0 Å². The predicted octanol–water partition coefficient (Wildman–Crippen LogP) is 2.39. The molecule has 2 atom stereocenters. The van der Waals surface area contributed by atoms with Gasteiger partial charge in [0.25, 0.3) is 0 Å². The summed E-state index contributed by atoms with van der Waals surface area (Å²) in [6.45, 7) is 7.07. The summed E-state index contributed by atoms with van der Waals surface area (Å²) in [5, 5.41) is 0. The number of ether oxygens (including phenoxy) is 2. The van der Waals surface area contributed by atoms with Crippen LogP contribution >= 0.6 is 0 Å². The van der Waals surface area contributed by atoms with Gasteiger partial charge in [-0.25, -0.2) is 0 Å². The summed E-state index contributed by atoms with van der Waals surface area (Å²) in [5.41, 5.74) is 0. The van der Waals surface area contributed by atoms with Gasteiger partial charge in [0.15, 0.2) is 6.29 Å². The number of hydrogen-bond acceptors (Lipinski definition) is 3. The van der Waals surface area contributed by atoms with Crippen molar-refractivity contribution in [2.45, 2.75) is 46.3 Å². The van der Waals surface area contributed by atoms with E-state index in [9.17, 15) is 4.79 Å². The Morgan fingerprint density at radius 1 is 1.27 bits per heavy atom. The smallest absolute Gasteiger partial charge is 0.167 e. The molecule has 1 fully saturated rings. The lowest BCUT2D eigenvalue weighted by Crippen LogP contribution is -2.38. The Bertz CT molecular complexity index is 197. The zero-order valence-electron chi connectivity index (χ0n) is 9.99. The van der Waals surface area contributed by atoms with Crippen LogP contribution in [0.15, 0.2) is 0 Å². The molecule has 1 rings (SSSR count). The maximum Gasteiger partial charge on any atom is 0.167 e. The van der Waals surface area contributed by atoms with E-state index in [2.05, 4.69) is 0 Å². The molecule has 2 unspecified atom stereocenters. The van der Waals surface area contributed by atoms with Gasteiger partial charge in [-0.2, -0.15) is 0 Å². The average Bonchev–Trinajstić information content (AvgIpc) is 2.22. The molecule has 1 aliphatic rings. The molecule has 88 valence electrons. The summed E-state index contributed by atoms with van der Waals surface area (Å²) in [6, 6.07) is 0. The third kappa shape index (κ3) is 3.28. The molecule has 0 N–H and O–H groups in total. The minimum Gasteiger partial charge on any atom is -0.352 e. The Labute approximate surface area is 92.1 Å². The highest BCUT2D eigenvalue weighted by molar-refractivity contribution is 5.84. The predicted molar refractivity (Wildman–Crippen MR) is 58.6 cm³/mol. The highest BCUT2D eigenvalue weighted by atomic mass is 16.7. The molecule has 0 radical (unpaired) electrons. The van der Waals surface area contributed by atoms with Crippen molar-refractivity contribution in [3.8, 4) is 0 Å². The Morgan fingerprint density at radius 3 is 2.40 bits per heavy atom. The Hall–Kier alpha value is -0.410. The van der Waals surface area contributed by atoms with Gasteiger partial charge in [-0.05, 0) is 26.7 Å². The highest BCUT2D eigenvalue weighted by Crippen LogP contribution is 2.29. The summed E-state index contributed by atoms with van der Waals surface area (Å²) in [6.07, 6.45) is 2.71. The third-order valence-corrected chi connectivity index (χ3v) is 2.99. The van der Waals surface area contributed by atoms with Crippen LogP contribution in [-0.4, -0.2) is 25.3 Å². The van der Waals surface area contributed by atoms with E-state index in [0.29, 0.717) is 19.0 Å². The molecule has 0 spiro atoms. The van der Waals surface area contributed by atoms with Crippen LogP contribution in [0.1, 0.15) is 40.0 Å². The first-order chi connectivity index (χ1) is 7.20. The number of carbonyl (C=O) groups excluding carboxylic acids is 1. The van der Waals surface area contributed by atoms with Crippen LogP contribution in [0.2, 0.25) is 0 Å². The van der Waals surface area contributed by atoms with Crippen molar-refractivity contribution in [2.75, 3.05) is 13.2 Å². The van der Waals surface area contributed by atoms with E-state index in [0.717, 1.165) is 19.3 Å². The first kappa shape index (κ1) is 12.7. The van der Waals surface area contributed by atoms with Crippen LogP contribution in [0.4, 0.5) is 0 Å². The van der Waals surface area contributed by atoms with E-state index < -0.39 is 0 Å². The number of hydrogen-bond donors (Lipinski definition) is 0. The van der Waals surface area contributed by atoms with E-state index in [4.69, 9.17) is 9.47 Å². The second kappa shape index (κ2) is 6.23. The summed E-state index contributed by atoms with van der Waals surface area (Å²) in [4.78, 5) is 12.0. The fourth-order valence-electron chi connectivity index (χ4n) is 2.17. The maximum atomic E-state index is 12.0. The molecule has 3 heteroatoms. The minimum absolute atomic E-state index is 0.0475. The molecule has 0 amide bonds. The van der Waals surface area contributed by atoms with Crippen LogP contribution < -0.4 is 0 Å². The lowest BCUT2D eigenvalue weighted by Gasteiger charge is -2.31. The number of carbonyl (C=O) groups is 1. The van der Waals surface area contributed by atoms with Gasteiger partial charge in [-0.15, -0.1) is 0 Å². The molecule has 0 saturated heterocycles. The number of Topliss-reactive ketones (excluding diaryl/α,β-unsaturated/α-hetero) is 1. The summed E-state index contributed by atoms with van der Waals surface area (Å²) in [5.74, 6) is 0.439. The van der Waals surface area contributed by atoms with E-state index in [1.54, 1.807) is 0 Å². The lowest BCUT2D eigenvalue weighted by atomic mass is 9.81. The minimum atomic E-state index is -0.324. The fraction of sp³-hybridized carbons (Fsp3) is 0.917. The molecule has 15 heavy (non-hydrogen) atoms. The Balaban J connectivity index is 2.59. The number of rotatable bonds is 5. The van der Waals surface area contributed by atoms with E-state index in [1.165, 1.54) is 0 Å². The van der Waals surface area contributed by atoms with Gasteiger partial charge in [0, 0.05) is 19.1 Å². The van der Waals surface area contributed by atoms with Gasteiger partial charge in [0.1, 0.15) is 5.78 Å². The van der Waals surface area contributed by atoms with Gasteiger partial charge in [0.05, 0.1) is 5.92 Å². The quantitative estimate of drug-likeness (QED) is 0.659. The first-order valence-electron chi connectivity index (χ1n) is 5.97. The van der Waals surface area contributed by atoms with Crippen molar-refractivity contribution in [3.05, 3.63) is 0 Å². The molecule has 3 nitrogen and oxygen atoms in total. The summed E-state index contributed by atoms with van der Waals surface area (Å²) in [7, 11) is 0. The third-order valence-electron chi connectivity index (χ3n) is 2.99. The van der Waals surface area contributed by atoms with E-state index in [1.807, 2.05) is 20.8 Å². The van der Waals surface area contributed by atoms with Crippen molar-refractivity contribution < 1.29 is 14.3 Å². The molecule has 0 heterocycles. The molecular formula is C12H22O3. The molecule has 0 aromatic heterocycles. The Morgan fingerprint density at radius 2 is 1.87 bits per heavy atom. The van der Waals surface area contributed by atoms with E-state index >= 15 is 0 Å². The SMILES string of the molecule is CCOC(OCC)C1CCCC(C)C1=O. The number of ketones is 1. The maximum absolute atomic E-state index is 12.0. The second-order valence-corrected chi connectivity index (χ2v) is 4.12. The van der Waals surface area contributed by atoms with Crippen molar-refractivity contribution in [2.24, 2.45) is 11.8 Å². The molecule has 0 aliphatic heterocycles. The van der Waals surface area contributed by atoms with Gasteiger partial charge in [0.2, 0.25) is 0 Å². The van der Waals surface area contributed by atoms with Crippen molar-refractivity contribution in [3.63, 3.8) is 0 Å². The molecule has 0 aromatic carbocycles. The monoisotopic (exact) mass is 214 g/mol. The van der Waals surface area contributed by atoms with E-state index in [-0.39, 0.29) is 18.1 Å². The molecule has 0 bridgehead atoms. The zero-order valence-corrected chi connectivity index (χ0v) is 9.99. The van der Waals surface area contributed by atoms with Crippen molar-refractivity contribution in [1.82, 2.24) is 0 Å². The lowest BCUT2D eigenvalue weighted by molar-refractivity contribution is -0.180. The molecule has 1 saturated carbocycles. The van der Waals surface area contributed by atoms with Crippen LogP contribution in [-0.2, 0) is 14.3 Å². The van der Waals surface area contributed by atoms with Crippen LogP contribution in [0.25, 0.3) is 0 Å². The molecule has 0 aromatic rings. The average molecular weight is 214 g/mol. The van der Waals surface area contributed by atoms with Crippen LogP contribution in [0.5, 0.6) is 0 Å². The topological polar surface area (TPSA) is 35.5 Å². The summed E-state index contributed by atoms with van der Waals surface area (Å²) < 4.78 is 11.0. The second-order valence-electron chi connectivity index (χ2n) is 4.12. The normalized spacial score (nSPS) is 27.3. The zero-order chi connectivity index (χ0) is 11.3. The first-order valence-corrected chi connectivity index (χ1v) is 5.97. The van der Waals surface area contributed by atoms with Gasteiger partial charge < -0.3 is 9.47 Å². The van der Waals surface area contributed by atoms with Gasteiger partial charge in [-0.1, -0.05) is 13.3 Å². The van der Waals surface area contributed by atoms with Gasteiger partial charge >= 0.3 is 0 Å². The summed E-state index contributed by atoms with van der Waals surface area (Å²) >= 11 is 0. The fourth-order valence-corrected chi connectivity index (χ4v) is 2.17. The largest absolute Gasteiger partial charge is 0.352 e. The van der Waals surface area contributed by atoms with Crippen LogP contribution in [0, 0.1) is 11.8 Å².